The van der Waals surface area contributed by atoms with Crippen molar-refractivity contribution in [2.45, 2.75) is 31.7 Å². The van der Waals surface area contributed by atoms with E-state index >= 15 is 0 Å². The van der Waals surface area contributed by atoms with Gasteiger partial charge in [-0.3, -0.25) is 4.90 Å². The molecule has 0 aromatic heterocycles. The molecule has 0 radical (unpaired) electrons. The van der Waals surface area contributed by atoms with Crippen LogP contribution in [0.4, 0.5) is 0 Å². The molecule has 0 amide bonds. The second-order valence-corrected chi connectivity index (χ2v) is 4.93. The average molecular weight is 212 g/mol. The van der Waals surface area contributed by atoms with Crippen LogP contribution in [0.15, 0.2) is 0 Å². The maximum atomic E-state index is 5.03. The van der Waals surface area contributed by atoms with Crippen LogP contribution in [0.2, 0.25) is 0 Å². The highest BCUT2D eigenvalue weighted by Gasteiger charge is 2.30. The lowest BCUT2D eigenvalue weighted by atomic mass is 10.2. The van der Waals surface area contributed by atoms with Crippen molar-refractivity contribution in [2.75, 3.05) is 39.9 Å². The second-order valence-electron chi connectivity index (χ2n) is 4.93. The van der Waals surface area contributed by atoms with Crippen LogP contribution in [0, 0.1) is 5.92 Å². The van der Waals surface area contributed by atoms with Gasteiger partial charge in [0.1, 0.15) is 0 Å². The Bertz CT molecular complexity index is 182. The van der Waals surface area contributed by atoms with Gasteiger partial charge in [0.25, 0.3) is 0 Å². The molecule has 1 N–H and O–H groups in total. The van der Waals surface area contributed by atoms with E-state index in [1.807, 2.05) is 0 Å². The highest BCUT2D eigenvalue weighted by molar-refractivity contribution is 4.86. The molecule has 2 fully saturated rings. The van der Waals surface area contributed by atoms with Crippen molar-refractivity contribution in [3.05, 3.63) is 0 Å². The molecule has 2 rings (SSSR count). The van der Waals surface area contributed by atoms with Crippen molar-refractivity contribution >= 4 is 0 Å². The standard InChI is InChI=1S/C12H24N2O/c1-15-8-6-13-9-12-3-2-7-14(12)10-11-4-5-11/h11-13H,2-10H2,1H3. The Kier molecular flexibility index (Phi) is 4.42. The Morgan fingerprint density at radius 3 is 2.93 bits per heavy atom. The summed E-state index contributed by atoms with van der Waals surface area (Å²) in [5.41, 5.74) is 0. The number of hydrogen-bond acceptors (Lipinski definition) is 3. The molecule has 0 bridgehead atoms. The molecule has 1 saturated heterocycles. The van der Waals surface area contributed by atoms with Gasteiger partial charge in [-0.25, -0.2) is 0 Å². The summed E-state index contributed by atoms with van der Waals surface area (Å²) in [6.07, 6.45) is 5.72. The molecule has 3 heteroatoms. The highest BCUT2D eigenvalue weighted by atomic mass is 16.5. The molecule has 1 aliphatic heterocycles. The Labute approximate surface area is 93.2 Å². The maximum absolute atomic E-state index is 5.03. The summed E-state index contributed by atoms with van der Waals surface area (Å²) in [5, 5.41) is 3.49. The Balaban J connectivity index is 1.61. The largest absolute Gasteiger partial charge is 0.383 e. The lowest BCUT2D eigenvalue weighted by Gasteiger charge is -2.24. The zero-order chi connectivity index (χ0) is 10.5. The maximum Gasteiger partial charge on any atom is 0.0587 e. The molecule has 1 aliphatic carbocycles. The highest BCUT2D eigenvalue weighted by Crippen LogP contribution is 2.32. The molecule has 1 atom stereocenters. The van der Waals surface area contributed by atoms with E-state index < -0.39 is 0 Å². The average Bonchev–Trinajstić information content (AvgIpc) is 2.94. The number of ether oxygens (including phenoxy) is 1. The van der Waals surface area contributed by atoms with Gasteiger partial charge in [-0.15, -0.1) is 0 Å². The minimum absolute atomic E-state index is 0.794. The van der Waals surface area contributed by atoms with E-state index in [0.29, 0.717) is 0 Å². The molecule has 1 heterocycles. The first kappa shape index (κ1) is 11.4. The van der Waals surface area contributed by atoms with E-state index in [2.05, 4.69) is 10.2 Å². The predicted molar refractivity (Wildman–Crippen MR) is 62.1 cm³/mol. The minimum Gasteiger partial charge on any atom is -0.383 e. The van der Waals surface area contributed by atoms with E-state index in [1.54, 1.807) is 7.11 Å². The lowest BCUT2D eigenvalue weighted by molar-refractivity contribution is 0.191. The molecular formula is C12H24N2O. The Morgan fingerprint density at radius 2 is 2.20 bits per heavy atom. The third-order valence-corrected chi connectivity index (χ3v) is 3.55. The summed E-state index contributed by atoms with van der Waals surface area (Å²) in [5.74, 6) is 1.03. The summed E-state index contributed by atoms with van der Waals surface area (Å²) >= 11 is 0. The fourth-order valence-electron chi connectivity index (χ4n) is 2.44. The summed E-state index contributed by atoms with van der Waals surface area (Å²) in [7, 11) is 1.76. The van der Waals surface area contributed by atoms with Crippen LogP contribution in [0.25, 0.3) is 0 Å². The molecule has 15 heavy (non-hydrogen) atoms. The van der Waals surface area contributed by atoms with Crippen LogP contribution in [-0.4, -0.2) is 50.8 Å². The smallest absolute Gasteiger partial charge is 0.0587 e. The molecule has 3 nitrogen and oxygen atoms in total. The number of nitrogens with one attached hydrogen (secondary N) is 1. The zero-order valence-corrected chi connectivity index (χ0v) is 9.87. The van der Waals surface area contributed by atoms with E-state index in [1.165, 1.54) is 38.8 Å². The summed E-state index contributed by atoms with van der Waals surface area (Å²) in [4.78, 5) is 2.69. The molecule has 2 aliphatic rings. The molecule has 0 aromatic carbocycles. The second kappa shape index (κ2) is 5.83. The van der Waals surface area contributed by atoms with Crippen LogP contribution in [-0.2, 0) is 4.74 Å². The summed E-state index contributed by atoms with van der Waals surface area (Å²) < 4.78 is 5.03. The zero-order valence-electron chi connectivity index (χ0n) is 9.87. The first-order valence-electron chi connectivity index (χ1n) is 6.34. The van der Waals surface area contributed by atoms with Crippen LogP contribution < -0.4 is 5.32 Å². The Morgan fingerprint density at radius 1 is 1.33 bits per heavy atom. The van der Waals surface area contributed by atoms with Crippen molar-refractivity contribution < 1.29 is 4.74 Å². The van der Waals surface area contributed by atoms with Crippen molar-refractivity contribution in [3.63, 3.8) is 0 Å². The SMILES string of the molecule is COCCNCC1CCCN1CC1CC1. The monoisotopic (exact) mass is 212 g/mol. The van der Waals surface area contributed by atoms with Crippen LogP contribution in [0.1, 0.15) is 25.7 Å². The molecule has 0 spiro atoms. The van der Waals surface area contributed by atoms with E-state index in [9.17, 15) is 0 Å². The van der Waals surface area contributed by atoms with Gasteiger partial charge in [-0.1, -0.05) is 0 Å². The number of methoxy groups -OCH3 is 1. The number of nitrogens with zero attached hydrogens (tertiary/aromatic N) is 1. The molecule has 88 valence electrons. The van der Waals surface area contributed by atoms with Gasteiger partial charge in [0.15, 0.2) is 0 Å². The topological polar surface area (TPSA) is 24.5 Å². The van der Waals surface area contributed by atoms with Crippen molar-refractivity contribution in [1.29, 1.82) is 0 Å². The van der Waals surface area contributed by atoms with E-state index in [-0.39, 0.29) is 0 Å². The van der Waals surface area contributed by atoms with Crippen LogP contribution in [0.5, 0.6) is 0 Å². The molecule has 0 aromatic rings. The first-order valence-corrected chi connectivity index (χ1v) is 6.34. The van der Waals surface area contributed by atoms with Crippen LogP contribution >= 0.6 is 0 Å². The third kappa shape index (κ3) is 3.74. The molecule has 1 saturated carbocycles. The fourth-order valence-corrected chi connectivity index (χ4v) is 2.44. The van der Waals surface area contributed by atoms with Gasteiger partial charge < -0.3 is 10.1 Å². The van der Waals surface area contributed by atoms with Crippen molar-refractivity contribution in [1.82, 2.24) is 10.2 Å². The van der Waals surface area contributed by atoms with E-state index in [0.717, 1.165) is 31.7 Å². The van der Waals surface area contributed by atoms with Gasteiger partial charge in [-0.2, -0.15) is 0 Å². The van der Waals surface area contributed by atoms with Gasteiger partial charge in [0.05, 0.1) is 6.61 Å². The van der Waals surface area contributed by atoms with Crippen molar-refractivity contribution in [3.8, 4) is 0 Å². The summed E-state index contributed by atoms with van der Waals surface area (Å²) in [6.45, 7) is 5.65. The van der Waals surface area contributed by atoms with Crippen LogP contribution in [0.3, 0.4) is 0 Å². The number of rotatable bonds is 7. The van der Waals surface area contributed by atoms with E-state index in [4.69, 9.17) is 4.74 Å². The molecule has 1 unspecified atom stereocenters. The minimum atomic E-state index is 0.794. The third-order valence-electron chi connectivity index (χ3n) is 3.55. The lowest BCUT2D eigenvalue weighted by Crippen LogP contribution is -2.39. The Hall–Kier alpha value is -0.120. The quantitative estimate of drug-likeness (QED) is 0.640. The van der Waals surface area contributed by atoms with Crippen molar-refractivity contribution in [2.24, 2.45) is 5.92 Å². The van der Waals surface area contributed by atoms with Gasteiger partial charge >= 0.3 is 0 Å². The van der Waals surface area contributed by atoms with Gasteiger partial charge in [0.2, 0.25) is 0 Å². The first-order chi connectivity index (χ1) is 7.40. The number of hydrogen-bond donors (Lipinski definition) is 1. The normalized spacial score (nSPS) is 27.4. The fraction of sp³-hybridized carbons (Fsp3) is 1.00. The predicted octanol–water partition coefficient (Wildman–Crippen LogP) is 1.10. The summed E-state index contributed by atoms with van der Waals surface area (Å²) in [6, 6.07) is 0.794. The number of likely N-dealkylation sites (tertiary alicyclic amines) is 1. The molecular weight excluding hydrogens is 188 g/mol. The van der Waals surface area contributed by atoms with Gasteiger partial charge in [-0.05, 0) is 38.1 Å². The van der Waals surface area contributed by atoms with Gasteiger partial charge in [0, 0.05) is 32.8 Å².